The van der Waals surface area contributed by atoms with Gasteiger partial charge in [-0.3, -0.25) is 0 Å². The van der Waals surface area contributed by atoms with E-state index in [1.807, 2.05) is 47.0 Å². The predicted octanol–water partition coefficient (Wildman–Crippen LogP) is 3.12. The number of pyridine rings is 1. The molecule has 0 amide bonds. The summed E-state index contributed by atoms with van der Waals surface area (Å²) >= 11 is 0. The highest BCUT2D eigenvalue weighted by molar-refractivity contribution is 8.93. The molecule has 0 radical (unpaired) electrons. The van der Waals surface area contributed by atoms with Crippen LogP contribution in [-0.4, -0.2) is 19.7 Å². The van der Waals surface area contributed by atoms with Crippen LogP contribution < -0.4 is 5.57 Å². The fourth-order valence-corrected chi connectivity index (χ4v) is 2.17. The van der Waals surface area contributed by atoms with E-state index in [0.29, 0.717) is 5.57 Å². The van der Waals surface area contributed by atoms with Crippen LogP contribution in [0.1, 0.15) is 5.56 Å². The molecular weight excluding hydrogens is 485 g/mol. The first-order valence-electron chi connectivity index (χ1n) is 5.59. The van der Waals surface area contributed by atoms with Gasteiger partial charge in [0.1, 0.15) is 0 Å². The lowest BCUT2D eigenvalue weighted by Gasteiger charge is -2.04. The normalized spacial score (nSPS) is 9.43. The van der Waals surface area contributed by atoms with E-state index in [-0.39, 0.29) is 57.6 Å². The molecule has 3 aromatic rings. The summed E-state index contributed by atoms with van der Waals surface area (Å²) in [5.41, 5.74) is 4.43. The maximum absolute atomic E-state index is 9.04. The van der Waals surface area contributed by atoms with Crippen molar-refractivity contribution in [2.24, 2.45) is 0 Å². The number of nitrogens with zero attached hydrogens (tertiary/aromatic N) is 3. The Bertz CT molecular complexity index is 703. The van der Waals surface area contributed by atoms with E-state index in [1.165, 1.54) is 0 Å². The van der Waals surface area contributed by atoms with Gasteiger partial charge < -0.3 is 5.11 Å². The lowest BCUT2D eigenvalue weighted by atomic mass is 10.1. The molecule has 0 fully saturated rings. The predicted molar refractivity (Wildman–Crippen MR) is 105 cm³/mol. The van der Waals surface area contributed by atoms with Gasteiger partial charge in [-0.25, -0.2) is 9.50 Å². The first-order valence-corrected chi connectivity index (χ1v) is 6.17. The van der Waals surface area contributed by atoms with E-state index < -0.39 is 0 Å². The summed E-state index contributed by atoms with van der Waals surface area (Å²) in [6, 6.07) is 13.7. The second-order valence-corrected chi connectivity index (χ2v) is 4.52. The molecule has 2 aromatic heterocycles. The number of hydrogen-bond acceptors (Lipinski definition) is 3. The Balaban J connectivity index is 0.00000133. The molecule has 0 aliphatic carbocycles. The highest BCUT2D eigenvalue weighted by Crippen LogP contribution is 2.20. The van der Waals surface area contributed by atoms with Gasteiger partial charge in [-0.05, 0) is 17.7 Å². The Hall–Kier alpha value is -0.330. The van der Waals surface area contributed by atoms with Crippen molar-refractivity contribution in [3.8, 4) is 11.3 Å². The molecule has 0 saturated carbocycles. The second-order valence-electron chi connectivity index (χ2n) is 4.01. The van der Waals surface area contributed by atoms with Crippen molar-refractivity contribution in [2.75, 3.05) is 0 Å². The molecule has 1 unspecified atom stereocenters. The Morgan fingerprint density at radius 3 is 2.29 bits per heavy atom. The van der Waals surface area contributed by atoms with Gasteiger partial charge in [0.15, 0.2) is 11.2 Å². The summed E-state index contributed by atoms with van der Waals surface area (Å²) in [5.74, 6) is 0. The van der Waals surface area contributed by atoms with Crippen molar-refractivity contribution >= 4 is 71.4 Å². The van der Waals surface area contributed by atoms with Crippen LogP contribution in [-0.2, 0) is 6.61 Å². The lowest BCUT2D eigenvalue weighted by molar-refractivity contribution is 0.282. The third kappa shape index (κ3) is 4.33. The zero-order valence-corrected chi connectivity index (χ0v) is 17.1. The molecule has 0 aliphatic rings. The number of halogens is 3. The van der Waals surface area contributed by atoms with E-state index in [9.17, 15) is 0 Å². The van der Waals surface area contributed by atoms with Crippen LogP contribution in [0.3, 0.4) is 0 Å². The highest BCUT2D eigenvalue weighted by Gasteiger charge is 2.06. The number of aliphatic hydroxyl groups excluding tert-OH is 1. The molecule has 21 heavy (non-hydrogen) atoms. The monoisotopic (exact) mass is 497 g/mol. The van der Waals surface area contributed by atoms with Crippen molar-refractivity contribution in [2.45, 2.75) is 6.61 Å². The molecule has 0 spiro atoms. The van der Waals surface area contributed by atoms with E-state index in [0.717, 1.165) is 22.5 Å². The zero-order valence-electron chi connectivity index (χ0n) is 10.8. The van der Waals surface area contributed by atoms with Crippen molar-refractivity contribution in [1.29, 1.82) is 0 Å². The maximum atomic E-state index is 9.04. The number of benzene rings is 1. The fraction of sp³-hybridized carbons (Fsp3) is 0.0769. The molecule has 114 valence electrons. The Morgan fingerprint density at radius 1 is 1.00 bits per heavy atom. The van der Waals surface area contributed by atoms with Gasteiger partial charge in [0.05, 0.1) is 12.3 Å². The topological polar surface area (TPSA) is 50.4 Å². The van der Waals surface area contributed by atoms with Gasteiger partial charge in [0.2, 0.25) is 0 Å². The number of rotatable bonds is 2. The molecule has 4 nitrogen and oxygen atoms in total. The summed E-state index contributed by atoms with van der Waals surface area (Å²) in [6.45, 7) is 0.0591. The van der Waals surface area contributed by atoms with Crippen LogP contribution in [0.25, 0.3) is 16.9 Å². The largest absolute Gasteiger partial charge is 0.392 e. The molecule has 1 aromatic carbocycles. The van der Waals surface area contributed by atoms with E-state index >= 15 is 0 Å². The first-order chi connectivity index (χ1) is 8.78. The van der Waals surface area contributed by atoms with Crippen LogP contribution in [0.5, 0.6) is 0 Å². The standard InChI is InChI=1S/C13H12N3OP.3BrH/c17-8-9-4-6-10(7-5-9)11-2-1-3-12-14-13(18)15-16(11)12;;;/h1-7,17H,8,18H2;3*1H. The molecule has 0 saturated heterocycles. The molecular formula is C13H15Br3N3OP. The Labute approximate surface area is 156 Å². The maximum Gasteiger partial charge on any atom is 0.167 e. The van der Waals surface area contributed by atoms with Crippen molar-refractivity contribution in [3.63, 3.8) is 0 Å². The first kappa shape index (κ1) is 20.7. The van der Waals surface area contributed by atoms with Crippen LogP contribution in [0.4, 0.5) is 0 Å². The van der Waals surface area contributed by atoms with E-state index in [1.54, 1.807) is 0 Å². The van der Waals surface area contributed by atoms with Crippen LogP contribution in [0.15, 0.2) is 42.5 Å². The molecule has 2 heterocycles. The molecule has 1 atom stereocenters. The summed E-state index contributed by atoms with van der Waals surface area (Å²) in [4.78, 5) is 4.31. The average molecular weight is 500 g/mol. The second kappa shape index (κ2) is 8.96. The third-order valence-corrected chi connectivity index (χ3v) is 3.05. The average Bonchev–Trinajstić information content (AvgIpc) is 2.79. The quantitative estimate of drug-likeness (QED) is 0.551. The third-order valence-electron chi connectivity index (χ3n) is 2.81. The molecule has 3 rings (SSSR count). The smallest absolute Gasteiger partial charge is 0.167 e. The molecule has 0 bridgehead atoms. The van der Waals surface area contributed by atoms with Gasteiger partial charge in [0, 0.05) is 5.56 Å². The zero-order chi connectivity index (χ0) is 12.5. The lowest BCUT2D eigenvalue weighted by Crippen LogP contribution is -1.98. The Morgan fingerprint density at radius 2 is 1.67 bits per heavy atom. The minimum atomic E-state index is 0. The molecule has 0 aliphatic heterocycles. The number of aliphatic hydroxyl groups is 1. The van der Waals surface area contributed by atoms with Gasteiger partial charge >= 0.3 is 0 Å². The number of aromatic nitrogens is 3. The highest BCUT2D eigenvalue weighted by atomic mass is 79.9. The summed E-state index contributed by atoms with van der Waals surface area (Å²) in [6.07, 6.45) is 0. The molecule has 1 N–H and O–H groups in total. The van der Waals surface area contributed by atoms with E-state index in [4.69, 9.17) is 5.11 Å². The van der Waals surface area contributed by atoms with Gasteiger partial charge in [-0.2, -0.15) is 0 Å². The van der Waals surface area contributed by atoms with Crippen molar-refractivity contribution in [3.05, 3.63) is 48.0 Å². The van der Waals surface area contributed by atoms with Crippen LogP contribution >= 0.6 is 60.2 Å². The number of fused-ring (bicyclic) bond motifs is 1. The number of hydrogen-bond donors (Lipinski definition) is 1. The summed E-state index contributed by atoms with van der Waals surface area (Å²) in [7, 11) is 2.50. The van der Waals surface area contributed by atoms with Crippen LogP contribution in [0, 0.1) is 0 Å². The fourth-order valence-electron chi connectivity index (χ4n) is 1.92. The van der Waals surface area contributed by atoms with Crippen molar-refractivity contribution in [1.82, 2.24) is 14.6 Å². The van der Waals surface area contributed by atoms with Crippen molar-refractivity contribution < 1.29 is 5.11 Å². The minimum absolute atomic E-state index is 0. The minimum Gasteiger partial charge on any atom is -0.392 e. The SMILES string of the molecule is Br.Br.Br.OCc1ccc(-c2cccc3nc(P)nn23)cc1. The molecule has 8 heteroatoms. The Kier molecular flexibility index (Phi) is 8.81. The van der Waals surface area contributed by atoms with Gasteiger partial charge in [-0.15, -0.1) is 56.0 Å². The van der Waals surface area contributed by atoms with Gasteiger partial charge in [-0.1, -0.05) is 39.6 Å². The summed E-state index contributed by atoms with van der Waals surface area (Å²) < 4.78 is 1.82. The van der Waals surface area contributed by atoms with Gasteiger partial charge in [0.25, 0.3) is 0 Å². The van der Waals surface area contributed by atoms with Crippen LogP contribution in [0.2, 0.25) is 0 Å². The summed E-state index contributed by atoms with van der Waals surface area (Å²) in [5, 5.41) is 13.4. The van der Waals surface area contributed by atoms with E-state index in [2.05, 4.69) is 19.3 Å².